The van der Waals surface area contributed by atoms with E-state index in [1.54, 1.807) is 11.4 Å². The summed E-state index contributed by atoms with van der Waals surface area (Å²) in [6, 6.07) is 0.344. The first-order valence-corrected chi connectivity index (χ1v) is 9.72. The van der Waals surface area contributed by atoms with Crippen molar-refractivity contribution in [3.8, 4) is 0 Å². The molecule has 1 N–H and O–H groups in total. The summed E-state index contributed by atoms with van der Waals surface area (Å²) in [6.07, 6.45) is 11.2. The van der Waals surface area contributed by atoms with Crippen LogP contribution in [0.4, 0.5) is 0 Å². The van der Waals surface area contributed by atoms with Crippen LogP contribution in [-0.4, -0.2) is 31.9 Å². The Balaban J connectivity index is 1.92. The van der Waals surface area contributed by atoms with Crippen LogP contribution < -0.4 is 4.72 Å². The largest absolute Gasteiger partial charge is 0.279 e. The van der Waals surface area contributed by atoms with E-state index in [2.05, 4.69) is 11.6 Å². The van der Waals surface area contributed by atoms with Gasteiger partial charge in [0.1, 0.15) is 0 Å². The third-order valence-corrected chi connectivity index (χ3v) is 6.83. The number of nitrogens with zero attached hydrogens (tertiary/aromatic N) is 1. The van der Waals surface area contributed by atoms with Crippen LogP contribution in [0.5, 0.6) is 0 Å². The fraction of sp³-hybridized carbons (Fsp3) is 1.00. The van der Waals surface area contributed by atoms with Crippen LogP contribution in [0.1, 0.15) is 71.1 Å². The van der Waals surface area contributed by atoms with Gasteiger partial charge in [-0.1, -0.05) is 45.4 Å². The zero-order valence-corrected chi connectivity index (χ0v) is 13.8. The molecule has 2 unspecified atom stereocenters. The van der Waals surface area contributed by atoms with E-state index in [9.17, 15) is 8.42 Å². The first-order chi connectivity index (χ1) is 9.53. The van der Waals surface area contributed by atoms with Crippen LogP contribution >= 0.6 is 0 Å². The number of nitrogens with one attached hydrogen (secondary N) is 1. The summed E-state index contributed by atoms with van der Waals surface area (Å²) in [5.41, 5.74) is 0. The van der Waals surface area contributed by atoms with Gasteiger partial charge < -0.3 is 0 Å². The molecule has 4 nitrogen and oxygen atoms in total. The number of hydrogen-bond acceptors (Lipinski definition) is 2. The second kappa shape index (κ2) is 7.23. The second-order valence-corrected chi connectivity index (χ2v) is 8.33. The smallest absolute Gasteiger partial charge is 0.199 e. The molecule has 5 heteroatoms. The van der Waals surface area contributed by atoms with E-state index >= 15 is 0 Å². The van der Waals surface area contributed by atoms with Crippen LogP contribution in [0.25, 0.3) is 0 Å². The average Bonchev–Trinajstić information content (AvgIpc) is 2.47. The Bertz CT molecular complexity index is 391. The predicted molar refractivity (Wildman–Crippen MR) is 82.7 cm³/mol. The normalized spacial score (nSPS) is 29.8. The maximum atomic E-state index is 12.5. The highest BCUT2D eigenvalue weighted by Gasteiger charge is 2.31. The highest BCUT2D eigenvalue weighted by atomic mass is 32.2. The van der Waals surface area contributed by atoms with E-state index in [0.717, 1.165) is 51.4 Å². The molecule has 0 aromatic rings. The first-order valence-electron chi connectivity index (χ1n) is 8.28. The third-order valence-electron chi connectivity index (χ3n) is 5.14. The first kappa shape index (κ1) is 16.2. The maximum absolute atomic E-state index is 12.5. The average molecular weight is 302 g/mol. The molecule has 2 rings (SSSR count). The van der Waals surface area contributed by atoms with Crippen molar-refractivity contribution in [2.24, 2.45) is 5.92 Å². The van der Waals surface area contributed by atoms with Gasteiger partial charge in [-0.25, -0.2) is 0 Å². The molecule has 2 aliphatic carbocycles. The topological polar surface area (TPSA) is 49.4 Å². The van der Waals surface area contributed by atoms with Gasteiger partial charge >= 0.3 is 0 Å². The lowest BCUT2D eigenvalue weighted by atomic mass is 9.85. The molecule has 0 radical (unpaired) electrons. The summed E-state index contributed by atoms with van der Waals surface area (Å²) in [5.74, 6) is 0.691. The highest BCUT2D eigenvalue weighted by molar-refractivity contribution is 7.87. The highest BCUT2D eigenvalue weighted by Crippen LogP contribution is 2.28. The Kier molecular flexibility index (Phi) is 5.87. The summed E-state index contributed by atoms with van der Waals surface area (Å²) < 4.78 is 29.6. The molecular weight excluding hydrogens is 272 g/mol. The molecule has 0 aromatic carbocycles. The molecule has 2 fully saturated rings. The minimum Gasteiger partial charge on any atom is -0.199 e. The summed E-state index contributed by atoms with van der Waals surface area (Å²) in [5, 5.41) is 0. The lowest BCUT2D eigenvalue weighted by molar-refractivity contribution is 0.268. The SMILES string of the molecule is CCC1CCCC(NS(=O)(=O)N(C)C2CCCCC2)C1. The van der Waals surface area contributed by atoms with E-state index in [4.69, 9.17) is 0 Å². The van der Waals surface area contributed by atoms with E-state index in [1.165, 1.54) is 12.8 Å². The molecule has 0 heterocycles. The predicted octanol–water partition coefficient (Wildman–Crippen LogP) is 3.05. The van der Waals surface area contributed by atoms with E-state index in [0.29, 0.717) is 5.92 Å². The monoisotopic (exact) mass is 302 g/mol. The second-order valence-electron chi connectivity index (χ2n) is 6.57. The zero-order chi connectivity index (χ0) is 14.6. The van der Waals surface area contributed by atoms with E-state index in [-0.39, 0.29) is 12.1 Å². The summed E-state index contributed by atoms with van der Waals surface area (Å²) in [6.45, 7) is 2.20. The van der Waals surface area contributed by atoms with Crippen molar-refractivity contribution >= 4 is 10.2 Å². The molecule has 2 atom stereocenters. The minimum atomic E-state index is -3.31. The van der Waals surface area contributed by atoms with Gasteiger partial charge in [0.05, 0.1) is 0 Å². The summed E-state index contributed by atoms with van der Waals surface area (Å²) in [7, 11) is -1.56. The molecular formula is C15H30N2O2S. The molecule has 118 valence electrons. The molecule has 2 saturated carbocycles. The number of hydrogen-bond donors (Lipinski definition) is 1. The molecule has 0 saturated heterocycles. The molecule has 0 aromatic heterocycles. The Hall–Kier alpha value is -0.130. The third kappa shape index (κ3) is 4.18. The van der Waals surface area contributed by atoms with Crippen molar-refractivity contribution in [3.05, 3.63) is 0 Å². The fourth-order valence-electron chi connectivity index (χ4n) is 3.70. The minimum absolute atomic E-state index is 0.143. The molecule has 0 amide bonds. The zero-order valence-electron chi connectivity index (χ0n) is 13.0. The van der Waals surface area contributed by atoms with Gasteiger partial charge in [-0.2, -0.15) is 17.4 Å². The summed E-state index contributed by atoms with van der Waals surface area (Å²) in [4.78, 5) is 0. The van der Waals surface area contributed by atoms with Crippen molar-refractivity contribution in [3.63, 3.8) is 0 Å². The van der Waals surface area contributed by atoms with Gasteiger partial charge in [0, 0.05) is 19.1 Å². The number of rotatable bonds is 5. The van der Waals surface area contributed by atoms with Crippen molar-refractivity contribution in [1.29, 1.82) is 0 Å². The maximum Gasteiger partial charge on any atom is 0.279 e. The van der Waals surface area contributed by atoms with Gasteiger partial charge in [-0.3, -0.25) is 0 Å². The molecule has 0 bridgehead atoms. The quantitative estimate of drug-likeness (QED) is 0.848. The van der Waals surface area contributed by atoms with Crippen LogP contribution in [0, 0.1) is 5.92 Å². The van der Waals surface area contributed by atoms with Gasteiger partial charge in [0.15, 0.2) is 0 Å². The van der Waals surface area contributed by atoms with Gasteiger partial charge in [0.2, 0.25) is 0 Å². The van der Waals surface area contributed by atoms with Crippen molar-refractivity contribution < 1.29 is 8.42 Å². The van der Waals surface area contributed by atoms with Crippen LogP contribution in [-0.2, 0) is 10.2 Å². The van der Waals surface area contributed by atoms with Crippen molar-refractivity contribution in [1.82, 2.24) is 9.03 Å². The van der Waals surface area contributed by atoms with Crippen LogP contribution in [0.2, 0.25) is 0 Å². The molecule has 20 heavy (non-hydrogen) atoms. The van der Waals surface area contributed by atoms with Crippen molar-refractivity contribution in [2.45, 2.75) is 83.2 Å². The summed E-state index contributed by atoms with van der Waals surface area (Å²) >= 11 is 0. The van der Waals surface area contributed by atoms with E-state index in [1.807, 2.05) is 0 Å². The Labute approximate surface area is 124 Å². The Morgan fingerprint density at radius 2 is 1.75 bits per heavy atom. The molecule has 0 aliphatic heterocycles. The van der Waals surface area contributed by atoms with Crippen molar-refractivity contribution in [2.75, 3.05) is 7.05 Å². The van der Waals surface area contributed by atoms with Crippen LogP contribution in [0.15, 0.2) is 0 Å². The molecule has 0 spiro atoms. The lowest BCUT2D eigenvalue weighted by Gasteiger charge is -2.34. The van der Waals surface area contributed by atoms with E-state index < -0.39 is 10.2 Å². The fourth-order valence-corrected chi connectivity index (χ4v) is 5.11. The van der Waals surface area contributed by atoms with Gasteiger partial charge in [-0.05, 0) is 31.6 Å². The Morgan fingerprint density at radius 1 is 1.05 bits per heavy atom. The van der Waals surface area contributed by atoms with Gasteiger partial charge in [0.25, 0.3) is 10.2 Å². The standard InChI is InChI=1S/C15H30N2O2S/c1-3-13-8-7-9-14(12-13)16-20(18,19)17(2)15-10-5-4-6-11-15/h13-16H,3-12H2,1-2H3. The van der Waals surface area contributed by atoms with Crippen LogP contribution in [0.3, 0.4) is 0 Å². The molecule has 2 aliphatic rings. The Morgan fingerprint density at radius 3 is 2.40 bits per heavy atom. The lowest BCUT2D eigenvalue weighted by Crippen LogP contribution is -2.49. The van der Waals surface area contributed by atoms with Gasteiger partial charge in [-0.15, -0.1) is 0 Å².